The van der Waals surface area contributed by atoms with Gasteiger partial charge < -0.3 is 38.2 Å². The Morgan fingerprint density at radius 2 is 0.959 bits per heavy atom. The number of halogens is 6. The average molecular weight is 1080 g/mol. The number of imidazole rings is 2. The number of benzene rings is 2. The lowest BCUT2D eigenvalue weighted by Gasteiger charge is -2.24. The van der Waals surface area contributed by atoms with Crippen molar-refractivity contribution in [3.8, 4) is 11.5 Å². The number of methoxy groups -OCH3 is 2. The first-order valence-electron chi connectivity index (χ1n) is 22.5. The van der Waals surface area contributed by atoms with Gasteiger partial charge in [0.25, 0.3) is 0 Å². The van der Waals surface area contributed by atoms with Crippen LogP contribution < -0.4 is 9.47 Å². The van der Waals surface area contributed by atoms with Crippen molar-refractivity contribution in [2.45, 2.75) is 61.9 Å². The van der Waals surface area contributed by atoms with Crippen molar-refractivity contribution in [2.75, 3.05) is 80.0 Å². The van der Waals surface area contributed by atoms with Crippen LogP contribution in [0.15, 0.2) is 71.2 Å². The molecule has 6 aromatic rings. The van der Waals surface area contributed by atoms with E-state index in [1.165, 1.54) is 62.4 Å². The van der Waals surface area contributed by atoms with E-state index >= 15 is 0 Å². The zero-order chi connectivity index (χ0) is 53.9. The van der Waals surface area contributed by atoms with E-state index < -0.39 is 78.6 Å². The van der Waals surface area contributed by atoms with Crippen LogP contribution in [-0.4, -0.2) is 158 Å². The maximum Gasteiger partial charge on any atom is 0.508 e. The largest absolute Gasteiger partial charge is 0.508 e. The van der Waals surface area contributed by atoms with Crippen LogP contribution in [0.5, 0.6) is 11.5 Å². The molecule has 0 aliphatic carbocycles. The molecular formula is C47H52F6N8O11S2. The van der Waals surface area contributed by atoms with Crippen LogP contribution in [-0.2, 0) is 52.1 Å². The number of rotatable bonds is 22. The zero-order valence-electron chi connectivity index (χ0n) is 40.9. The molecule has 0 fully saturated rings. The summed E-state index contributed by atoms with van der Waals surface area (Å²) in [6.45, 7) is 2.09. The van der Waals surface area contributed by atoms with Gasteiger partial charge in [-0.1, -0.05) is 24.3 Å². The summed E-state index contributed by atoms with van der Waals surface area (Å²) in [6.07, 6.45) is -7.92. The second kappa shape index (κ2) is 25.0. The minimum absolute atomic E-state index is 0.0323. The van der Waals surface area contributed by atoms with E-state index in [2.05, 4.69) is 19.9 Å². The third-order valence-corrected chi connectivity index (χ3v) is 13.6. The molecule has 0 saturated heterocycles. The first kappa shape index (κ1) is 56.6. The number of fused-ring (bicyclic) bond motifs is 2. The summed E-state index contributed by atoms with van der Waals surface area (Å²) >= 11 is 0. The molecule has 2 aromatic carbocycles. The average Bonchev–Trinajstić information content (AvgIpc) is 3.95. The summed E-state index contributed by atoms with van der Waals surface area (Å²) in [6, 6.07) is 11.1. The highest BCUT2D eigenvalue weighted by Gasteiger charge is 2.32. The number of amides is 2. The Bertz CT molecular complexity index is 2830. The van der Waals surface area contributed by atoms with E-state index in [0.29, 0.717) is 33.2 Å². The molecule has 19 nitrogen and oxygen atoms in total. The van der Waals surface area contributed by atoms with E-state index in [1.807, 2.05) is 0 Å². The minimum atomic E-state index is -4.60. The van der Waals surface area contributed by atoms with E-state index in [-0.39, 0.29) is 95.2 Å². The number of carbonyl (C=O) groups excluding carboxylic acids is 3. The third-order valence-electron chi connectivity index (χ3n) is 11.2. The van der Waals surface area contributed by atoms with Crippen LogP contribution in [0.1, 0.15) is 33.6 Å². The van der Waals surface area contributed by atoms with Gasteiger partial charge in [0.05, 0.1) is 92.9 Å². The first-order valence-corrected chi connectivity index (χ1v) is 25.1. The number of carbonyl (C=O) groups is 3. The van der Waals surface area contributed by atoms with Crippen molar-refractivity contribution in [2.24, 2.45) is 0 Å². The fourth-order valence-electron chi connectivity index (χ4n) is 7.34. The van der Waals surface area contributed by atoms with Gasteiger partial charge in [0.15, 0.2) is 13.2 Å². The van der Waals surface area contributed by atoms with E-state index in [9.17, 15) is 49.1 Å². The van der Waals surface area contributed by atoms with Gasteiger partial charge in [0.1, 0.15) is 24.7 Å². The summed E-state index contributed by atoms with van der Waals surface area (Å²) < 4.78 is 139. The molecule has 2 atom stereocenters. The molecule has 0 bridgehead atoms. The van der Waals surface area contributed by atoms with Crippen LogP contribution >= 0.6 is 0 Å². The molecule has 0 N–H and O–H groups in total. The number of hydrogen-bond acceptors (Lipinski definition) is 15. The van der Waals surface area contributed by atoms with Crippen molar-refractivity contribution < 1.29 is 77.6 Å². The summed E-state index contributed by atoms with van der Waals surface area (Å²) in [5, 5.41) is -0.352. The van der Waals surface area contributed by atoms with Crippen LogP contribution in [0.4, 0.5) is 40.7 Å². The highest BCUT2D eigenvalue weighted by Crippen LogP contribution is 2.30. The van der Waals surface area contributed by atoms with E-state index in [1.54, 1.807) is 50.2 Å². The SMILES string of the molecule is COCCN(CCOC(=O)OCCN(CCOC)C(=O)n1c(S(=O)Cc2nccc(OCC(F)(F)F)c2C)nc2c(C)cccc21)C(=O)n1c(S(=O)Cc2nccc(OCC(F)(F)F)c2C)nc2c(C)cccc21. The minimum Gasteiger partial charge on any atom is -0.484 e. The normalized spacial score (nSPS) is 12.7. The number of aryl methyl sites for hydroxylation is 2. The van der Waals surface area contributed by atoms with E-state index in [0.717, 1.165) is 9.13 Å². The number of alkyl halides is 6. The van der Waals surface area contributed by atoms with Crippen molar-refractivity contribution in [1.29, 1.82) is 0 Å². The van der Waals surface area contributed by atoms with Gasteiger partial charge in [-0.25, -0.2) is 33.5 Å². The number of nitrogens with zero attached hydrogens (tertiary/aromatic N) is 8. The summed E-state index contributed by atoms with van der Waals surface area (Å²) in [4.78, 5) is 62.0. The van der Waals surface area contributed by atoms with Crippen molar-refractivity contribution >= 4 is 61.9 Å². The number of pyridine rings is 2. The summed E-state index contributed by atoms with van der Waals surface area (Å²) in [5.41, 5.74) is 3.35. The summed E-state index contributed by atoms with van der Waals surface area (Å²) in [7, 11) is -1.37. The topological polar surface area (TPSA) is 209 Å². The second-order valence-corrected chi connectivity index (χ2v) is 19.1. The number of para-hydroxylation sites is 2. The summed E-state index contributed by atoms with van der Waals surface area (Å²) in [5.74, 6) is -0.895. The van der Waals surface area contributed by atoms with Crippen molar-refractivity contribution in [3.63, 3.8) is 0 Å². The van der Waals surface area contributed by atoms with Crippen LogP contribution in [0, 0.1) is 27.7 Å². The molecule has 0 saturated carbocycles. The highest BCUT2D eigenvalue weighted by atomic mass is 32.2. The predicted octanol–water partition coefficient (Wildman–Crippen LogP) is 7.59. The lowest BCUT2D eigenvalue weighted by Crippen LogP contribution is -2.41. The number of aromatic nitrogens is 6. The number of hydrogen-bond donors (Lipinski definition) is 0. The Kier molecular flexibility index (Phi) is 19.1. The fraction of sp³-hybridized carbons (Fsp3) is 0.426. The van der Waals surface area contributed by atoms with Crippen LogP contribution in [0.2, 0.25) is 0 Å². The Balaban J connectivity index is 1.14. The van der Waals surface area contributed by atoms with Crippen LogP contribution in [0.25, 0.3) is 22.1 Å². The smallest absolute Gasteiger partial charge is 0.484 e. The first-order chi connectivity index (χ1) is 35.1. The lowest BCUT2D eigenvalue weighted by molar-refractivity contribution is -0.154. The maximum absolute atomic E-state index is 14.5. The lowest BCUT2D eigenvalue weighted by atomic mass is 10.2. The monoisotopic (exact) mass is 1080 g/mol. The standard InChI is InChI=1S/C47H52F6N8O11S2/c1-29-9-7-11-35-39(29)56-41(73(65)25-33-31(3)37(13-15-54-33)71-27-46(48,49)50)60(35)43(62)58(17-21-67-5)19-23-69-45(64)70-24-20-59(18-22-68-6)44(63)61-36-12-8-10-30(2)40(36)57-42(61)74(66)26-34-32(4)38(14-16-55-34)72-28-47(51,52)53/h7-16H,17-28H2,1-6H3. The van der Waals surface area contributed by atoms with Gasteiger partial charge in [0.2, 0.25) is 10.3 Å². The quantitative estimate of drug-likeness (QED) is 0.0474. The van der Waals surface area contributed by atoms with Gasteiger partial charge in [-0.05, 0) is 63.1 Å². The molecule has 0 aliphatic rings. The molecular weight excluding hydrogens is 1030 g/mol. The Morgan fingerprint density at radius 3 is 1.32 bits per heavy atom. The predicted molar refractivity (Wildman–Crippen MR) is 256 cm³/mol. The van der Waals surface area contributed by atoms with Gasteiger partial charge >= 0.3 is 30.6 Å². The fourth-order valence-corrected chi connectivity index (χ4v) is 9.82. The molecule has 4 aromatic heterocycles. The van der Waals surface area contributed by atoms with E-state index in [4.69, 9.17) is 28.4 Å². The zero-order valence-corrected chi connectivity index (χ0v) is 42.5. The van der Waals surface area contributed by atoms with Gasteiger partial charge in [-0.2, -0.15) is 26.3 Å². The Labute approximate surface area is 425 Å². The molecule has 6 rings (SSSR count). The Hall–Kier alpha value is -6.71. The molecule has 2 amide bonds. The maximum atomic E-state index is 14.5. The highest BCUT2D eigenvalue weighted by molar-refractivity contribution is 7.84. The van der Waals surface area contributed by atoms with Gasteiger partial charge in [0, 0.05) is 50.8 Å². The molecule has 27 heteroatoms. The van der Waals surface area contributed by atoms with Gasteiger partial charge in [-0.15, -0.1) is 0 Å². The Morgan fingerprint density at radius 1 is 0.581 bits per heavy atom. The molecule has 0 aliphatic heterocycles. The van der Waals surface area contributed by atoms with Crippen molar-refractivity contribution in [1.82, 2.24) is 38.9 Å². The molecule has 74 heavy (non-hydrogen) atoms. The third kappa shape index (κ3) is 14.3. The molecule has 0 spiro atoms. The van der Waals surface area contributed by atoms with Crippen molar-refractivity contribution in [3.05, 3.63) is 94.6 Å². The number of ether oxygens (including phenoxy) is 6. The molecule has 0 radical (unpaired) electrons. The van der Waals surface area contributed by atoms with Crippen LogP contribution in [0.3, 0.4) is 0 Å². The van der Waals surface area contributed by atoms with Gasteiger partial charge in [-0.3, -0.25) is 18.4 Å². The molecule has 2 unspecified atom stereocenters. The second-order valence-electron chi connectivity index (χ2n) is 16.4. The molecule has 4 heterocycles. The molecule has 400 valence electrons.